The predicted octanol–water partition coefficient (Wildman–Crippen LogP) is 2.21. The van der Waals surface area contributed by atoms with E-state index < -0.39 is 5.82 Å². The van der Waals surface area contributed by atoms with Crippen LogP contribution in [0.2, 0.25) is 0 Å². The van der Waals surface area contributed by atoms with Crippen LogP contribution in [0.5, 0.6) is 0 Å². The fourth-order valence-electron chi connectivity index (χ4n) is 3.01. The average molecular weight is 355 g/mol. The fraction of sp³-hybridized carbons (Fsp3) is 0.300. The van der Waals surface area contributed by atoms with Crippen LogP contribution in [0.15, 0.2) is 48.5 Å². The molecule has 1 fully saturated rings. The molecule has 0 aromatic heterocycles. The molecular formula is C20H22FN3O2. The number of carbonyl (C=O) groups is 2. The molecule has 1 aliphatic heterocycles. The molecule has 0 bridgehead atoms. The van der Waals surface area contributed by atoms with Crippen molar-refractivity contribution in [3.63, 3.8) is 0 Å². The summed E-state index contributed by atoms with van der Waals surface area (Å²) in [5.74, 6) is -0.884. The summed E-state index contributed by atoms with van der Waals surface area (Å²) in [6.45, 7) is 4.79. The Bertz CT molecular complexity index is 784. The van der Waals surface area contributed by atoms with Gasteiger partial charge in [-0.25, -0.2) is 4.39 Å². The van der Waals surface area contributed by atoms with Crippen LogP contribution in [0.3, 0.4) is 0 Å². The minimum atomic E-state index is -0.399. The van der Waals surface area contributed by atoms with Crippen molar-refractivity contribution < 1.29 is 14.0 Å². The second kappa shape index (κ2) is 7.99. The molecule has 0 spiro atoms. The number of hydrogen-bond acceptors (Lipinski definition) is 3. The summed E-state index contributed by atoms with van der Waals surface area (Å²) >= 11 is 0. The monoisotopic (exact) mass is 355 g/mol. The van der Waals surface area contributed by atoms with Crippen molar-refractivity contribution in [2.24, 2.45) is 0 Å². The van der Waals surface area contributed by atoms with Crippen molar-refractivity contribution in [2.45, 2.75) is 6.92 Å². The van der Waals surface area contributed by atoms with Gasteiger partial charge in [0.1, 0.15) is 5.82 Å². The van der Waals surface area contributed by atoms with Gasteiger partial charge in [-0.2, -0.15) is 0 Å². The Kier molecular flexibility index (Phi) is 5.51. The summed E-state index contributed by atoms with van der Waals surface area (Å²) in [5, 5.41) is 2.60. The van der Waals surface area contributed by atoms with Crippen molar-refractivity contribution in [1.29, 1.82) is 0 Å². The largest absolute Gasteiger partial charge is 0.368 e. The van der Waals surface area contributed by atoms with E-state index in [0.29, 0.717) is 18.7 Å². The first-order valence-corrected chi connectivity index (χ1v) is 8.66. The maximum absolute atomic E-state index is 12.9. The first-order valence-electron chi connectivity index (χ1n) is 8.66. The Morgan fingerprint density at radius 3 is 2.38 bits per heavy atom. The van der Waals surface area contributed by atoms with E-state index in [1.807, 2.05) is 6.07 Å². The van der Waals surface area contributed by atoms with Crippen LogP contribution in [-0.4, -0.2) is 49.4 Å². The van der Waals surface area contributed by atoms with Crippen molar-refractivity contribution in [3.8, 4) is 0 Å². The third-order valence-electron chi connectivity index (χ3n) is 4.51. The van der Waals surface area contributed by atoms with Crippen LogP contribution in [0.1, 0.15) is 15.9 Å². The Labute approximate surface area is 152 Å². The Hall–Kier alpha value is -2.89. The molecular weight excluding hydrogens is 333 g/mol. The van der Waals surface area contributed by atoms with E-state index in [4.69, 9.17) is 0 Å². The smallest absolute Gasteiger partial charge is 0.251 e. The third kappa shape index (κ3) is 4.39. The molecule has 1 N–H and O–H groups in total. The number of rotatable bonds is 4. The van der Waals surface area contributed by atoms with Crippen LogP contribution >= 0.6 is 0 Å². The Morgan fingerprint density at radius 1 is 1.04 bits per heavy atom. The van der Waals surface area contributed by atoms with Crippen LogP contribution in [-0.2, 0) is 4.79 Å². The molecule has 6 heteroatoms. The Balaban J connectivity index is 1.47. The van der Waals surface area contributed by atoms with Gasteiger partial charge in [0.05, 0.1) is 6.54 Å². The number of carbonyl (C=O) groups excluding carboxylic acids is 2. The molecule has 3 rings (SSSR count). The van der Waals surface area contributed by atoms with Gasteiger partial charge in [0, 0.05) is 37.4 Å². The van der Waals surface area contributed by atoms with E-state index in [1.165, 1.54) is 35.5 Å². The van der Waals surface area contributed by atoms with E-state index in [9.17, 15) is 14.0 Å². The van der Waals surface area contributed by atoms with Gasteiger partial charge < -0.3 is 15.1 Å². The van der Waals surface area contributed by atoms with Crippen LogP contribution in [0.25, 0.3) is 0 Å². The van der Waals surface area contributed by atoms with Crippen molar-refractivity contribution in [1.82, 2.24) is 10.2 Å². The number of amides is 2. The zero-order chi connectivity index (χ0) is 18.5. The number of anilines is 1. The number of halogens is 1. The highest BCUT2D eigenvalue weighted by Gasteiger charge is 2.21. The third-order valence-corrected chi connectivity index (χ3v) is 4.51. The first kappa shape index (κ1) is 17.9. The second-order valence-corrected chi connectivity index (χ2v) is 6.40. The molecule has 1 aliphatic rings. The second-order valence-electron chi connectivity index (χ2n) is 6.40. The number of benzene rings is 2. The fourth-order valence-corrected chi connectivity index (χ4v) is 3.01. The normalized spacial score (nSPS) is 14.2. The SMILES string of the molecule is Cc1cccc(N2CCN(C(=O)CNC(=O)c3ccc(F)cc3)CC2)c1. The maximum Gasteiger partial charge on any atom is 0.251 e. The number of hydrogen-bond donors (Lipinski definition) is 1. The van der Waals surface area contributed by atoms with E-state index in [1.54, 1.807) is 4.90 Å². The lowest BCUT2D eigenvalue weighted by atomic mass is 10.2. The van der Waals surface area contributed by atoms with Crippen LogP contribution < -0.4 is 10.2 Å². The van der Waals surface area contributed by atoms with Crippen molar-refractivity contribution >= 4 is 17.5 Å². The number of aryl methyl sites for hydroxylation is 1. The van der Waals surface area contributed by atoms with Gasteiger partial charge in [-0.1, -0.05) is 12.1 Å². The van der Waals surface area contributed by atoms with Gasteiger partial charge in [0.15, 0.2) is 0 Å². The van der Waals surface area contributed by atoms with Crippen LogP contribution in [0, 0.1) is 12.7 Å². The molecule has 0 atom stereocenters. The molecule has 2 aromatic rings. The summed E-state index contributed by atoms with van der Waals surface area (Å²) in [5.41, 5.74) is 2.72. The average Bonchev–Trinajstić information content (AvgIpc) is 2.66. The van der Waals surface area contributed by atoms with E-state index in [2.05, 4.69) is 35.3 Å². The van der Waals surface area contributed by atoms with Gasteiger partial charge in [-0.3, -0.25) is 9.59 Å². The molecule has 2 aromatic carbocycles. The van der Waals surface area contributed by atoms with E-state index >= 15 is 0 Å². The molecule has 0 saturated carbocycles. The number of nitrogens with one attached hydrogen (secondary N) is 1. The molecule has 136 valence electrons. The standard InChI is InChI=1S/C20H22FN3O2/c1-15-3-2-4-18(13-15)23-9-11-24(12-10-23)19(25)14-22-20(26)16-5-7-17(21)8-6-16/h2-8,13H,9-12,14H2,1H3,(H,22,26). The summed E-state index contributed by atoms with van der Waals surface area (Å²) < 4.78 is 12.9. The Morgan fingerprint density at radius 2 is 1.73 bits per heavy atom. The van der Waals surface area contributed by atoms with Crippen molar-refractivity contribution in [3.05, 3.63) is 65.5 Å². The number of nitrogens with zero attached hydrogens (tertiary/aromatic N) is 2. The van der Waals surface area contributed by atoms with Gasteiger partial charge >= 0.3 is 0 Å². The maximum atomic E-state index is 12.9. The molecule has 26 heavy (non-hydrogen) atoms. The number of piperazine rings is 1. The van der Waals surface area contributed by atoms with Gasteiger partial charge in [0.25, 0.3) is 5.91 Å². The molecule has 0 unspecified atom stereocenters. The molecule has 1 heterocycles. The lowest BCUT2D eigenvalue weighted by molar-refractivity contribution is -0.130. The summed E-state index contributed by atoms with van der Waals surface area (Å²) in [6, 6.07) is 13.6. The summed E-state index contributed by atoms with van der Waals surface area (Å²) in [4.78, 5) is 28.3. The van der Waals surface area contributed by atoms with Gasteiger partial charge in [-0.15, -0.1) is 0 Å². The highest BCUT2D eigenvalue weighted by atomic mass is 19.1. The van der Waals surface area contributed by atoms with E-state index in [0.717, 1.165) is 13.1 Å². The zero-order valence-electron chi connectivity index (χ0n) is 14.7. The minimum absolute atomic E-state index is 0.0549. The highest BCUT2D eigenvalue weighted by Crippen LogP contribution is 2.17. The molecule has 2 amide bonds. The quantitative estimate of drug-likeness (QED) is 0.915. The summed E-state index contributed by atoms with van der Waals surface area (Å²) in [7, 11) is 0. The van der Waals surface area contributed by atoms with Crippen LogP contribution in [0.4, 0.5) is 10.1 Å². The zero-order valence-corrected chi connectivity index (χ0v) is 14.7. The first-order chi connectivity index (χ1) is 12.5. The summed E-state index contributed by atoms with van der Waals surface area (Å²) in [6.07, 6.45) is 0. The molecule has 1 saturated heterocycles. The van der Waals surface area contributed by atoms with Crippen molar-refractivity contribution in [2.75, 3.05) is 37.6 Å². The predicted molar refractivity (Wildman–Crippen MR) is 98.7 cm³/mol. The topological polar surface area (TPSA) is 52.6 Å². The minimum Gasteiger partial charge on any atom is -0.368 e. The highest BCUT2D eigenvalue weighted by molar-refractivity contribution is 5.96. The molecule has 0 aliphatic carbocycles. The lowest BCUT2D eigenvalue weighted by Crippen LogP contribution is -2.51. The molecule has 0 radical (unpaired) electrons. The lowest BCUT2D eigenvalue weighted by Gasteiger charge is -2.36. The van der Waals surface area contributed by atoms with E-state index in [-0.39, 0.29) is 18.4 Å². The van der Waals surface area contributed by atoms with Gasteiger partial charge in [0.2, 0.25) is 5.91 Å². The molecule has 5 nitrogen and oxygen atoms in total. The van der Waals surface area contributed by atoms with Gasteiger partial charge in [-0.05, 0) is 48.9 Å².